The molecule has 20 heavy (non-hydrogen) atoms. The lowest BCUT2D eigenvalue weighted by Gasteiger charge is -2.05. The summed E-state index contributed by atoms with van der Waals surface area (Å²) in [7, 11) is 0. The highest BCUT2D eigenvalue weighted by molar-refractivity contribution is 5.92. The lowest BCUT2D eigenvalue weighted by Crippen LogP contribution is -2.30. The van der Waals surface area contributed by atoms with Crippen molar-refractivity contribution >= 4 is 11.4 Å². The van der Waals surface area contributed by atoms with Crippen LogP contribution in [0.4, 0.5) is 0 Å². The van der Waals surface area contributed by atoms with Gasteiger partial charge < -0.3 is 9.72 Å². The second-order valence-corrected chi connectivity index (χ2v) is 4.96. The largest absolute Gasteiger partial charge is 0.348 e. The van der Waals surface area contributed by atoms with E-state index in [9.17, 15) is 4.79 Å². The van der Waals surface area contributed by atoms with Gasteiger partial charge >= 0.3 is 0 Å². The third-order valence-electron chi connectivity index (χ3n) is 3.02. The van der Waals surface area contributed by atoms with Crippen molar-refractivity contribution in [3.63, 3.8) is 0 Å². The summed E-state index contributed by atoms with van der Waals surface area (Å²) >= 11 is 0. The van der Waals surface area contributed by atoms with Crippen molar-refractivity contribution in [2.75, 3.05) is 0 Å². The Hall–Kier alpha value is -2.56. The molecule has 102 valence electrons. The minimum Gasteiger partial charge on any atom is -0.348 e. The van der Waals surface area contributed by atoms with Gasteiger partial charge in [0, 0.05) is 24.0 Å². The second kappa shape index (κ2) is 4.85. The van der Waals surface area contributed by atoms with Crippen LogP contribution in [0.5, 0.6) is 0 Å². The Kier molecular flexibility index (Phi) is 3.02. The van der Waals surface area contributed by atoms with Gasteiger partial charge in [0.1, 0.15) is 5.82 Å². The first-order valence-electron chi connectivity index (χ1n) is 6.58. The fraction of sp³-hybridized carbons (Fsp3) is 0.200. The number of amides is 1. The van der Waals surface area contributed by atoms with Crippen LogP contribution in [-0.4, -0.2) is 26.1 Å². The summed E-state index contributed by atoms with van der Waals surface area (Å²) < 4.78 is 3.74. The molecule has 0 aromatic carbocycles. The first-order chi connectivity index (χ1) is 9.65. The Morgan fingerprint density at radius 2 is 2.00 bits per heavy atom. The zero-order chi connectivity index (χ0) is 14.1. The molecule has 0 unspecified atom stereocenters. The minimum absolute atomic E-state index is 0.0989. The number of rotatable bonds is 3. The summed E-state index contributed by atoms with van der Waals surface area (Å²) in [5.74, 6) is 0.754. The van der Waals surface area contributed by atoms with Gasteiger partial charge in [-0.1, -0.05) is 6.07 Å². The smallest absolute Gasteiger partial charge is 0.271 e. The molecule has 3 rings (SSSR count). The number of hydrogen-bond donors (Lipinski definition) is 1. The number of nitrogens with zero attached hydrogens (tertiary/aromatic N) is 3. The molecule has 0 atom stereocenters. The maximum absolute atomic E-state index is 11.9. The third kappa shape index (κ3) is 2.18. The maximum atomic E-state index is 11.9. The molecule has 3 heterocycles. The third-order valence-corrected chi connectivity index (χ3v) is 3.02. The lowest BCUT2D eigenvalue weighted by molar-refractivity contribution is 0.0937. The van der Waals surface area contributed by atoms with Crippen LogP contribution >= 0.6 is 0 Å². The van der Waals surface area contributed by atoms with Crippen molar-refractivity contribution in [3.05, 3.63) is 54.5 Å². The van der Waals surface area contributed by atoms with Crippen molar-refractivity contribution in [2.24, 2.45) is 0 Å². The number of aromatic nitrogens is 3. The Labute approximate surface area is 116 Å². The molecule has 1 N–H and O–H groups in total. The van der Waals surface area contributed by atoms with Gasteiger partial charge in [-0.3, -0.25) is 4.79 Å². The summed E-state index contributed by atoms with van der Waals surface area (Å²) in [4.78, 5) is 11.9. The quantitative estimate of drug-likeness (QED) is 0.792. The molecule has 0 spiro atoms. The van der Waals surface area contributed by atoms with Crippen LogP contribution in [0.3, 0.4) is 0 Å². The monoisotopic (exact) mass is 268 g/mol. The molecule has 0 saturated heterocycles. The standard InChI is InChI=1S/C15H16N4O/c1-11(2)16-15(20)13-8-10-19(17-13)14-7-6-12-5-3-4-9-18(12)14/h3-11H,1-2H3,(H,16,20). The van der Waals surface area contributed by atoms with Crippen LogP contribution in [0.1, 0.15) is 24.3 Å². The van der Waals surface area contributed by atoms with Crippen LogP contribution in [0.15, 0.2) is 48.8 Å². The number of hydrogen-bond acceptors (Lipinski definition) is 2. The van der Waals surface area contributed by atoms with Gasteiger partial charge in [0.15, 0.2) is 5.69 Å². The molecule has 0 saturated carbocycles. The highest BCUT2D eigenvalue weighted by Gasteiger charge is 2.12. The molecule has 0 aliphatic carbocycles. The zero-order valence-corrected chi connectivity index (χ0v) is 11.4. The zero-order valence-electron chi connectivity index (χ0n) is 11.4. The molecule has 0 fully saturated rings. The molecule has 5 nitrogen and oxygen atoms in total. The molecule has 1 amide bonds. The van der Waals surface area contributed by atoms with Gasteiger partial charge in [0.2, 0.25) is 0 Å². The first kappa shape index (κ1) is 12.5. The Bertz CT molecular complexity index is 754. The van der Waals surface area contributed by atoms with E-state index in [1.165, 1.54) is 0 Å². The normalized spacial score (nSPS) is 11.2. The molecule has 3 aromatic rings. The van der Waals surface area contributed by atoms with Gasteiger partial charge in [0.05, 0.1) is 0 Å². The van der Waals surface area contributed by atoms with Gasteiger partial charge in [-0.2, -0.15) is 5.10 Å². The van der Waals surface area contributed by atoms with E-state index in [0.29, 0.717) is 5.69 Å². The van der Waals surface area contributed by atoms with E-state index in [1.54, 1.807) is 16.9 Å². The average Bonchev–Trinajstić information content (AvgIpc) is 3.04. The summed E-state index contributed by atoms with van der Waals surface area (Å²) in [6, 6.07) is 11.8. The Morgan fingerprint density at radius 3 is 2.80 bits per heavy atom. The van der Waals surface area contributed by atoms with Crippen LogP contribution in [0, 0.1) is 0 Å². The van der Waals surface area contributed by atoms with Crippen LogP contribution in [-0.2, 0) is 0 Å². The number of fused-ring (bicyclic) bond motifs is 1. The van der Waals surface area contributed by atoms with Crippen molar-refractivity contribution in [3.8, 4) is 5.82 Å². The van der Waals surface area contributed by atoms with Crippen molar-refractivity contribution < 1.29 is 4.79 Å². The highest BCUT2D eigenvalue weighted by atomic mass is 16.2. The van der Waals surface area contributed by atoms with E-state index < -0.39 is 0 Å². The second-order valence-electron chi connectivity index (χ2n) is 4.96. The van der Waals surface area contributed by atoms with Gasteiger partial charge in [-0.15, -0.1) is 0 Å². The summed E-state index contributed by atoms with van der Waals surface area (Å²) in [6.07, 6.45) is 3.77. The molecule has 5 heteroatoms. The number of carbonyl (C=O) groups excluding carboxylic acids is 1. The van der Waals surface area contributed by atoms with Gasteiger partial charge in [-0.25, -0.2) is 4.68 Å². The molecule has 3 aromatic heterocycles. The SMILES string of the molecule is CC(C)NC(=O)c1ccn(-c2ccc3ccccn23)n1. The van der Waals surface area contributed by atoms with E-state index in [1.807, 2.05) is 54.8 Å². The van der Waals surface area contributed by atoms with Crippen LogP contribution in [0.2, 0.25) is 0 Å². The first-order valence-corrected chi connectivity index (χ1v) is 6.58. The van der Waals surface area contributed by atoms with E-state index in [4.69, 9.17) is 0 Å². The topological polar surface area (TPSA) is 51.3 Å². The Morgan fingerprint density at radius 1 is 1.15 bits per heavy atom. The average molecular weight is 268 g/mol. The summed E-state index contributed by atoms with van der Waals surface area (Å²) in [5.41, 5.74) is 1.51. The van der Waals surface area contributed by atoms with Crippen molar-refractivity contribution in [2.45, 2.75) is 19.9 Å². The van der Waals surface area contributed by atoms with Gasteiger partial charge in [-0.05, 0) is 44.2 Å². The maximum Gasteiger partial charge on any atom is 0.271 e. The fourth-order valence-corrected chi connectivity index (χ4v) is 2.14. The van der Waals surface area contributed by atoms with E-state index in [-0.39, 0.29) is 11.9 Å². The Balaban J connectivity index is 1.96. The van der Waals surface area contributed by atoms with E-state index in [2.05, 4.69) is 10.4 Å². The molecular weight excluding hydrogens is 252 g/mol. The number of nitrogens with one attached hydrogen (secondary N) is 1. The molecule has 0 aliphatic rings. The van der Waals surface area contributed by atoms with E-state index in [0.717, 1.165) is 11.3 Å². The summed E-state index contributed by atoms with van der Waals surface area (Å²) in [6.45, 7) is 3.85. The fourth-order valence-electron chi connectivity index (χ4n) is 2.14. The van der Waals surface area contributed by atoms with Crippen LogP contribution < -0.4 is 5.32 Å². The summed E-state index contributed by atoms with van der Waals surface area (Å²) in [5, 5.41) is 7.17. The lowest BCUT2D eigenvalue weighted by atomic mass is 10.3. The molecule has 0 bridgehead atoms. The van der Waals surface area contributed by atoms with Crippen molar-refractivity contribution in [1.82, 2.24) is 19.5 Å². The number of pyridine rings is 1. The molecule has 0 aliphatic heterocycles. The minimum atomic E-state index is -0.153. The molecular formula is C15H16N4O. The van der Waals surface area contributed by atoms with E-state index >= 15 is 0 Å². The van der Waals surface area contributed by atoms with Gasteiger partial charge in [0.25, 0.3) is 5.91 Å². The number of carbonyl (C=O) groups is 1. The van der Waals surface area contributed by atoms with Crippen LogP contribution in [0.25, 0.3) is 11.3 Å². The van der Waals surface area contributed by atoms with Crippen molar-refractivity contribution in [1.29, 1.82) is 0 Å². The predicted molar refractivity (Wildman–Crippen MR) is 77.1 cm³/mol. The highest BCUT2D eigenvalue weighted by Crippen LogP contribution is 2.14. The predicted octanol–water partition coefficient (Wildman–Crippen LogP) is 2.26. The molecule has 0 radical (unpaired) electrons.